The number of nitrogens with one attached hydrogen (secondary N) is 2. The number of carbonyl (C=O) groups is 2. The molecule has 8 nitrogen and oxygen atoms in total. The molecule has 2 N–H and O–H groups in total. The lowest BCUT2D eigenvalue weighted by atomic mass is 9.95. The summed E-state index contributed by atoms with van der Waals surface area (Å²) in [6, 6.07) is 12.1. The summed E-state index contributed by atoms with van der Waals surface area (Å²) in [5.74, 6) is 0.550. The second-order valence-corrected chi connectivity index (χ2v) is 8.17. The molecule has 1 heterocycles. The number of ether oxygens (including phenoxy) is 4. The van der Waals surface area contributed by atoms with Crippen LogP contribution in [0.25, 0.3) is 0 Å². The van der Waals surface area contributed by atoms with E-state index in [-0.39, 0.29) is 13.2 Å². The molecule has 9 heteroatoms. The van der Waals surface area contributed by atoms with Crippen molar-refractivity contribution < 1.29 is 28.5 Å². The molecular weight excluding hydrogens is 492 g/mol. The molecule has 1 unspecified atom stereocenters. The van der Waals surface area contributed by atoms with Gasteiger partial charge >= 0.3 is 12.0 Å². The predicted octanol–water partition coefficient (Wildman–Crippen LogP) is 4.24. The van der Waals surface area contributed by atoms with E-state index in [0.29, 0.717) is 41.5 Å². The fraction of sp³-hybridized carbons (Fsp3) is 0.333. The second-order valence-electron chi connectivity index (χ2n) is 7.25. The molecule has 2 aromatic rings. The Labute approximate surface area is 201 Å². The van der Waals surface area contributed by atoms with Gasteiger partial charge in [-0.15, -0.1) is 0 Å². The lowest BCUT2D eigenvalue weighted by Gasteiger charge is -2.28. The number of halogens is 1. The standard InChI is InChI=1S/C24H27BrN2O6/c1-4-31-20-13-17(7-10-19(20)33-14-16-5-8-18(25)9-6-16)22-21(15(2)26-24(29)27-22)23(28)32-12-11-30-3/h5-10,13,22H,4,11-12,14H2,1-3H3,(H2,26,27,29). The van der Waals surface area contributed by atoms with Gasteiger partial charge in [-0.1, -0.05) is 34.1 Å². The van der Waals surface area contributed by atoms with E-state index in [1.807, 2.05) is 31.2 Å². The summed E-state index contributed by atoms with van der Waals surface area (Å²) in [5.41, 5.74) is 2.42. The van der Waals surface area contributed by atoms with E-state index in [2.05, 4.69) is 26.6 Å². The summed E-state index contributed by atoms with van der Waals surface area (Å²) < 4.78 is 23.0. The summed E-state index contributed by atoms with van der Waals surface area (Å²) in [7, 11) is 1.53. The first kappa shape index (κ1) is 24.6. The number of hydrogen-bond acceptors (Lipinski definition) is 6. The van der Waals surface area contributed by atoms with Crippen LogP contribution in [-0.4, -0.2) is 38.9 Å². The van der Waals surface area contributed by atoms with Crippen molar-refractivity contribution in [2.45, 2.75) is 26.5 Å². The van der Waals surface area contributed by atoms with Gasteiger partial charge in [-0.2, -0.15) is 0 Å². The van der Waals surface area contributed by atoms with E-state index in [1.54, 1.807) is 25.1 Å². The highest BCUT2D eigenvalue weighted by atomic mass is 79.9. The molecule has 0 aliphatic carbocycles. The minimum Gasteiger partial charge on any atom is -0.490 e. The van der Waals surface area contributed by atoms with Gasteiger partial charge in [0.25, 0.3) is 0 Å². The van der Waals surface area contributed by atoms with Crippen LogP contribution >= 0.6 is 15.9 Å². The first-order chi connectivity index (χ1) is 15.9. The molecule has 2 amide bonds. The van der Waals surface area contributed by atoms with E-state index in [1.165, 1.54) is 7.11 Å². The van der Waals surface area contributed by atoms with Crippen molar-refractivity contribution in [2.24, 2.45) is 0 Å². The fourth-order valence-electron chi connectivity index (χ4n) is 3.34. The topological polar surface area (TPSA) is 95.1 Å². The average molecular weight is 519 g/mol. The number of rotatable bonds is 10. The summed E-state index contributed by atoms with van der Waals surface area (Å²) in [6.45, 7) is 4.73. The van der Waals surface area contributed by atoms with Crippen molar-refractivity contribution in [3.63, 3.8) is 0 Å². The quantitative estimate of drug-likeness (QED) is 0.360. The Hall–Kier alpha value is -3.04. The second kappa shape index (κ2) is 11.7. The maximum atomic E-state index is 12.7. The zero-order chi connectivity index (χ0) is 23.8. The fourth-order valence-corrected chi connectivity index (χ4v) is 3.61. The van der Waals surface area contributed by atoms with Crippen molar-refractivity contribution in [3.8, 4) is 11.5 Å². The molecule has 33 heavy (non-hydrogen) atoms. The molecule has 0 aromatic heterocycles. The SMILES string of the molecule is CCOc1cc(C2NC(=O)NC(C)=C2C(=O)OCCOC)ccc1OCc1ccc(Br)cc1. The Morgan fingerprint density at radius 3 is 2.52 bits per heavy atom. The summed E-state index contributed by atoms with van der Waals surface area (Å²) >= 11 is 3.42. The van der Waals surface area contributed by atoms with E-state index >= 15 is 0 Å². The predicted molar refractivity (Wildman–Crippen MR) is 126 cm³/mol. The van der Waals surface area contributed by atoms with Crippen molar-refractivity contribution in [1.29, 1.82) is 0 Å². The van der Waals surface area contributed by atoms with E-state index in [4.69, 9.17) is 18.9 Å². The number of carbonyl (C=O) groups excluding carboxylic acids is 2. The molecule has 2 aromatic carbocycles. The third kappa shape index (κ3) is 6.49. The molecule has 0 saturated carbocycles. The lowest BCUT2D eigenvalue weighted by molar-refractivity contribution is -0.140. The molecule has 1 aliphatic rings. The minimum absolute atomic E-state index is 0.111. The normalized spacial score (nSPS) is 15.5. The first-order valence-corrected chi connectivity index (χ1v) is 11.3. The van der Waals surface area contributed by atoms with Gasteiger partial charge in [-0.25, -0.2) is 9.59 Å². The highest BCUT2D eigenvalue weighted by molar-refractivity contribution is 9.10. The highest BCUT2D eigenvalue weighted by Gasteiger charge is 2.32. The number of hydrogen-bond donors (Lipinski definition) is 2. The average Bonchev–Trinajstić information content (AvgIpc) is 2.79. The Morgan fingerprint density at radius 1 is 1.06 bits per heavy atom. The summed E-state index contributed by atoms with van der Waals surface area (Å²) in [4.78, 5) is 24.9. The molecule has 0 spiro atoms. The zero-order valence-corrected chi connectivity index (χ0v) is 20.4. The number of benzene rings is 2. The Kier molecular flexibility index (Phi) is 8.73. The maximum absolute atomic E-state index is 12.7. The van der Waals surface area contributed by atoms with Crippen molar-refractivity contribution in [1.82, 2.24) is 10.6 Å². The first-order valence-electron chi connectivity index (χ1n) is 10.5. The van der Waals surface area contributed by atoms with Crippen LogP contribution in [0.3, 0.4) is 0 Å². The minimum atomic E-state index is -0.700. The molecular formula is C24H27BrN2O6. The van der Waals surface area contributed by atoms with Crippen LogP contribution in [0, 0.1) is 0 Å². The number of urea groups is 1. The molecule has 0 bridgehead atoms. The van der Waals surface area contributed by atoms with Gasteiger partial charge in [-0.3, -0.25) is 0 Å². The Balaban J connectivity index is 1.85. The van der Waals surface area contributed by atoms with Crippen LogP contribution in [0.1, 0.15) is 31.0 Å². The largest absolute Gasteiger partial charge is 0.490 e. The molecule has 176 valence electrons. The molecule has 1 aliphatic heterocycles. The van der Waals surface area contributed by atoms with E-state index < -0.39 is 18.0 Å². The van der Waals surface area contributed by atoms with Gasteiger partial charge in [0.2, 0.25) is 0 Å². The number of allylic oxidation sites excluding steroid dienone is 1. The van der Waals surface area contributed by atoms with Crippen LogP contribution < -0.4 is 20.1 Å². The Bertz CT molecular complexity index is 1020. The van der Waals surface area contributed by atoms with Gasteiger partial charge in [-0.05, 0) is 49.2 Å². The van der Waals surface area contributed by atoms with Crippen LogP contribution in [0.4, 0.5) is 4.79 Å². The molecule has 1 atom stereocenters. The van der Waals surface area contributed by atoms with Crippen LogP contribution in [0.15, 0.2) is 58.2 Å². The van der Waals surface area contributed by atoms with Gasteiger partial charge in [0.15, 0.2) is 11.5 Å². The van der Waals surface area contributed by atoms with Crippen LogP contribution in [-0.2, 0) is 20.9 Å². The summed E-state index contributed by atoms with van der Waals surface area (Å²) in [6.07, 6.45) is 0. The lowest BCUT2D eigenvalue weighted by Crippen LogP contribution is -2.45. The summed E-state index contributed by atoms with van der Waals surface area (Å²) in [5, 5.41) is 5.43. The number of amides is 2. The Morgan fingerprint density at radius 2 is 1.82 bits per heavy atom. The third-order valence-electron chi connectivity index (χ3n) is 4.92. The smallest absolute Gasteiger partial charge is 0.338 e. The third-order valence-corrected chi connectivity index (χ3v) is 5.45. The molecule has 0 saturated heterocycles. The molecule has 0 radical (unpaired) electrons. The number of esters is 1. The van der Waals surface area contributed by atoms with Crippen molar-refractivity contribution >= 4 is 27.9 Å². The zero-order valence-electron chi connectivity index (χ0n) is 18.8. The van der Waals surface area contributed by atoms with Gasteiger partial charge < -0.3 is 29.6 Å². The number of methoxy groups -OCH3 is 1. The van der Waals surface area contributed by atoms with Gasteiger partial charge in [0.05, 0.1) is 24.8 Å². The van der Waals surface area contributed by atoms with E-state index in [0.717, 1.165) is 10.0 Å². The van der Waals surface area contributed by atoms with E-state index in [9.17, 15) is 9.59 Å². The van der Waals surface area contributed by atoms with Crippen LogP contribution in [0.5, 0.6) is 11.5 Å². The van der Waals surface area contributed by atoms with Gasteiger partial charge in [0, 0.05) is 17.3 Å². The molecule has 0 fully saturated rings. The van der Waals surface area contributed by atoms with Gasteiger partial charge in [0.1, 0.15) is 13.2 Å². The van der Waals surface area contributed by atoms with Crippen LogP contribution in [0.2, 0.25) is 0 Å². The maximum Gasteiger partial charge on any atom is 0.338 e. The monoisotopic (exact) mass is 518 g/mol. The van der Waals surface area contributed by atoms with Crippen molar-refractivity contribution in [3.05, 3.63) is 69.3 Å². The molecule has 3 rings (SSSR count). The highest BCUT2D eigenvalue weighted by Crippen LogP contribution is 2.35. The van der Waals surface area contributed by atoms with Crippen molar-refractivity contribution in [2.75, 3.05) is 26.9 Å².